The van der Waals surface area contributed by atoms with Gasteiger partial charge in [-0.15, -0.1) is 11.3 Å². The molecule has 128 valence electrons. The predicted octanol–water partition coefficient (Wildman–Crippen LogP) is 3.02. The molecule has 25 heavy (non-hydrogen) atoms. The molecule has 1 aliphatic heterocycles. The van der Waals surface area contributed by atoms with Crippen molar-refractivity contribution in [3.8, 4) is 11.5 Å². The number of aromatic nitrogens is 2. The molecule has 0 aliphatic carbocycles. The van der Waals surface area contributed by atoms with Crippen LogP contribution in [0.3, 0.4) is 0 Å². The molecule has 0 fully saturated rings. The minimum Gasteiger partial charge on any atom is -0.486 e. The first-order valence-electron chi connectivity index (χ1n) is 7.66. The van der Waals surface area contributed by atoms with Crippen LogP contribution in [0, 0.1) is 0 Å². The van der Waals surface area contributed by atoms with Crippen molar-refractivity contribution in [2.24, 2.45) is 0 Å². The number of imidazole rings is 1. The summed E-state index contributed by atoms with van der Waals surface area (Å²) in [6, 6.07) is 7.47. The zero-order chi connectivity index (χ0) is 17.2. The molecule has 1 N–H and O–H groups in total. The van der Waals surface area contributed by atoms with Crippen LogP contribution >= 0.6 is 22.9 Å². The Hall–Kier alpha value is -2.51. The van der Waals surface area contributed by atoms with Crippen LogP contribution in [0.4, 0.5) is 0 Å². The quantitative estimate of drug-likeness (QED) is 0.712. The van der Waals surface area contributed by atoms with E-state index in [1.54, 1.807) is 6.08 Å². The Morgan fingerprint density at radius 2 is 2.28 bits per heavy atom. The zero-order valence-corrected chi connectivity index (χ0v) is 14.6. The van der Waals surface area contributed by atoms with Gasteiger partial charge >= 0.3 is 0 Å². The molecule has 4 rings (SSSR count). The Balaban J connectivity index is 1.35. The summed E-state index contributed by atoms with van der Waals surface area (Å²) in [6.07, 6.45) is 4.72. The van der Waals surface area contributed by atoms with Gasteiger partial charge in [-0.3, -0.25) is 9.20 Å². The SMILES string of the molecule is O=C(/C=C/c1c(Cl)nc2sccn12)NCC1COc2ccccc2O1. The molecule has 1 unspecified atom stereocenters. The van der Waals surface area contributed by atoms with E-state index in [1.807, 2.05) is 40.2 Å². The maximum atomic E-state index is 12.0. The lowest BCUT2D eigenvalue weighted by Crippen LogP contribution is -2.40. The van der Waals surface area contributed by atoms with E-state index in [0.717, 1.165) is 10.7 Å². The van der Waals surface area contributed by atoms with E-state index >= 15 is 0 Å². The highest BCUT2D eigenvalue weighted by Gasteiger charge is 2.20. The van der Waals surface area contributed by atoms with Gasteiger partial charge in [0.2, 0.25) is 5.91 Å². The summed E-state index contributed by atoms with van der Waals surface area (Å²) >= 11 is 7.58. The highest BCUT2D eigenvalue weighted by atomic mass is 35.5. The Morgan fingerprint density at radius 3 is 3.16 bits per heavy atom. The van der Waals surface area contributed by atoms with Gasteiger partial charge in [0.15, 0.2) is 21.6 Å². The number of benzene rings is 1. The van der Waals surface area contributed by atoms with E-state index < -0.39 is 0 Å². The Kier molecular flexibility index (Phi) is 4.33. The summed E-state index contributed by atoms with van der Waals surface area (Å²) in [4.78, 5) is 17.1. The maximum absolute atomic E-state index is 12.0. The predicted molar refractivity (Wildman–Crippen MR) is 96.5 cm³/mol. The summed E-state index contributed by atoms with van der Waals surface area (Å²) in [5.74, 6) is 1.18. The van der Waals surface area contributed by atoms with Crippen LogP contribution in [0.15, 0.2) is 41.9 Å². The standard InChI is InChI=1S/C17H14ClN3O3S/c18-16-12(21-7-8-25-17(21)20-16)5-6-15(22)19-9-11-10-23-13-3-1-2-4-14(13)24-11/h1-8,11H,9-10H2,(H,19,22)/b6-5+. The summed E-state index contributed by atoms with van der Waals surface area (Å²) in [5, 5.41) is 5.09. The summed E-state index contributed by atoms with van der Waals surface area (Å²) < 4.78 is 13.3. The lowest BCUT2D eigenvalue weighted by Gasteiger charge is -2.26. The second kappa shape index (κ2) is 6.78. The largest absolute Gasteiger partial charge is 0.486 e. The number of carbonyl (C=O) groups is 1. The number of hydrogen-bond acceptors (Lipinski definition) is 5. The van der Waals surface area contributed by atoms with Gasteiger partial charge in [0.1, 0.15) is 12.7 Å². The van der Waals surface area contributed by atoms with Gasteiger partial charge in [-0.2, -0.15) is 0 Å². The Morgan fingerprint density at radius 1 is 1.44 bits per heavy atom. The van der Waals surface area contributed by atoms with Gasteiger partial charge in [-0.05, 0) is 18.2 Å². The number of nitrogens with one attached hydrogen (secondary N) is 1. The third kappa shape index (κ3) is 3.33. The van der Waals surface area contributed by atoms with Gasteiger partial charge in [0.05, 0.1) is 12.2 Å². The number of rotatable bonds is 4. The third-order valence-electron chi connectivity index (χ3n) is 3.72. The number of ether oxygens (including phenoxy) is 2. The van der Waals surface area contributed by atoms with Crippen LogP contribution in [0.5, 0.6) is 11.5 Å². The lowest BCUT2D eigenvalue weighted by atomic mass is 10.2. The molecule has 1 aromatic carbocycles. The lowest BCUT2D eigenvalue weighted by molar-refractivity contribution is -0.116. The molecule has 3 heterocycles. The normalized spacial score (nSPS) is 16.4. The van der Waals surface area contributed by atoms with Crippen LogP contribution in [0.25, 0.3) is 11.0 Å². The number of thiazole rings is 1. The number of carbonyl (C=O) groups excluding carboxylic acids is 1. The van der Waals surface area contributed by atoms with Gasteiger partial charge in [-0.25, -0.2) is 4.98 Å². The fourth-order valence-electron chi connectivity index (χ4n) is 2.52. The molecule has 6 nitrogen and oxygen atoms in total. The van der Waals surface area contributed by atoms with Crippen molar-refractivity contribution < 1.29 is 14.3 Å². The molecule has 0 saturated carbocycles. The topological polar surface area (TPSA) is 64.9 Å². The van der Waals surface area contributed by atoms with E-state index in [-0.39, 0.29) is 12.0 Å². The number of nitrogens with zero attached hydrogens (tertiary/aromatic N) is 2. The van der Waals surface area contributed by atoms with E-state index in [1.165, 1.54) is 17.4 Å². The van der Waals surface area contributed by atoms with E-state index in [2.05, 4.69) is 10.3 Å². The third-order valence-corrected chi connectivity index (χ3v) is 4.75. The zero-order valence-electron chi connectivity index (χ0n) is 13.0. The van der Waals surface area contributed by atoms with Gasteiger partial charge < -0.3 is 14.8 Å². The molecule has 1 atom stereocenters. The molecule has 0 saturated heterocycles. The molecule has 0 bridgehead atoms. The molecule has 8 heteroatoms. The molecule has 0 spiro atoms. The van der Waals surface area contributed by atoms with Crippen LogP contribution < -0.4 is 14.8 Å². The van der Waals surface area contributed by atoms with Crippen LogP contribution in [0.2, 0.25) is 5.15 Å². The first kappa shape index (κ1) is 16.0. The first-order valence-corrected chi connectivity index (χ1v) is 8.92. The van der Waals surface area contributed by atoms with Crippen LogP contribution in [0.1, 0.15) is 5.69 Å². The van der Waals surface area contributed by atoms with Gasteiger partial charge in [-0.1, -0.05) is 23.7 Å². The molecular formula is C17H14ClN3O3S. The van der Waals surface area contributed by atoms with E-state index in [4.69, 9.17) is 21.1 Å². The summed E-state index contributed by atoms with van der Waals surface area (Å²) in [6.45, 7) is 0.747. The minimum atomic E-state index is -0.233. The molecule has 3 aromatic rings. The van der Waals surface area contributed by atoms with Crippen molar-refractivity contribution in [1.82, 2.24) is 14.7 Å². The minimum absolute atomic E-state index is 0.227. The average Bonchev–Trinajstić information content (AvgIpc) is 3.18. The highest BCUT2D eigenvalue weighted by Crippen LogP contribution is 2.30. The van der Waals surface area contributed by atoms with Crippen molar-refractivity contribution in [2.75, 3.05) is 13.2 Å². The highest BCUT2D eigenvalue weighted by molar-refractivity contribution is 7.15. The Bertz CT molecular complexity index is 950. The number of amides is 1. The van der Waals surface area contributed by atoms with Crippen molar-refractivity contribution in [3.05, 3.63) is 52.8 Å². The molecule has 1 aliphatic rings. The van der Waals surface area contributed by atoms with Crippen molar-refractivity contribution in [3.63, 3.8) is 0 Å². The summed E-state index contributed by atoms with van der Waals surface area (Å²) in [7, 11) is 0. The van der Waals surface area contributed by atoms with Crippen LogP contribution in [-0.4, -0.2) is 34.5 Å². The molecule has 2 aromatic heterocycles. The smallest absolute Gasteiger partial charge is 0.244 e. The summed E-state index contributed by atoms with van der Waals surface area (Å²) in [5.41, 5.74) is 0.680. The Labute approximate surface area is 152 Å². The number of fused-ring (bicyclic) bond motifs is 2. The monoisotopic (exact) mass is 375 g/mol. The molecule has 1 amide bonds. The molecular weight excluding hydrogens is 362 g/mol. The van der Waals surface area contributed by atoms with E-state index in [9.17, 15) is 4.79 Å². The number of halogens is 1. The maximum Gasteiger partial charge on any atom is 0.244 e. The van der Waals surface area contributed by atoms with E-state index in [0.29, 0.717) is 29.7 Å². The number of para-hydroxylation sites is 2. The average molecular weight is 376 g/mol. The second-order valence-corrected chi connectivity index (χ2v) is 6.65. The molecule has 0 radical (unpaired) electrons. The van der Waals surface area contributed by atoms with Crippen molar-refractivity contribution >= 4 is 39.9 Å². The second-order valence-electron chi connectivity index (χ2n) is 5.42. The fourth-order valence-corrected chi connectivity index (χ4v) is 3.52. The van der Waals surface area contributed by atoms with Crippen molar-refractivity contribution in [2.45, 2.75) is 6.10 Å². The first-order chi connectivity index (χ1) is 12.2. The van der Waals surface area contributed by atoms with Gasteiger partial charge in [0.25, 0.3) is 0 Å². The van der Waals surface area contributed by atoms with Crippen molar-refractivity contribution in [1.29, 1.82) is 0 Å². The fraction of sp³-hybridized carbons (Fsp3) is 0.176. The van der Waals surface area contributed by atoms with Crippen LogP contribution in [-0.2, 0) is 4.79 Å². The number of hydrogen-bond donors (Lipinski definition) is 1. The van der Waals surface area contributed by atoms with Gasteiger partial charge in [0, 0.05) is 17.7 Å².